The van der Waals surface area contributed by atoms with Crippen LogP contribution in [0.1, 0.15) is 37.3 Å². The van der Waals surface area contributed by atoms with Gasteiger partial charge in [-0.15, -0.1) is 0 Å². The van der Waals surface area contributed by atoms with E-state index in [0.717, 1.165) is 6.42 Å². The van der Waals surface area contributed by atoms with Gasteiger partial charge in [0.1, 0.15) is 0 Å². The number of hydrogen-bond acceptors (Lipinski definition) is 1. The van der Waals surface area contributed by atoms with Gasteiger partial charge in [-0.25, -0.2) is 0 Å². The molecule has 100 valence electrons. The molecule has 2 N–H and O–H groups in total. The molecule has 0 bridgehead atoms. The summed E-state index contributed by atoms with van der Waals surface area (Å²) in [5.41, 5.74) is 9.00. The summed E-state index contributed by atoms with van der Waals surface area (Å²) in [4.78, 5) is 0. The predicted molar refractivity (Wildman–Crippen MR) is 82.2 cm³/mol. The van der Waals surface area contributed by atoms with Crippen molar-refractivity contribution in [1.82, 2.24) is 0 Å². The molecular formula is C18H23N. The Kier molecular flexibility index (Phi) is 4.75. The standard InChI is InChI=1S/C18H23N/c1-14(2)18(19)13-17(15-9-5-3-6-10-15)16-11-7-4-8-12-16/h3-12,14,17-18H,13,19H2,1-2H3. The molecule has 0 heterocycles. The second-order valence-corrected chi connectivity index (χ2v) is 5.52. The summed E-state index contributed by atoms with van der Waals surface area (Å²) in [6.07, 6.45) is 0.992. The summed E-state index contributed by atoms with van der Waals surface area (Å²) in [5, 5.41) is 0. The van der Waals surface area contributed by atoms with Crippen LogP contribution in [-0.2, 0) is 0 Å². The van der Waals surface area contributed by atoms with Crippen LogP contribution >= 0.6 is 0 Å². The minimum absolute atomic E-state index is 0.227. The third-order valence-electron chi connectivity index (χ3n) is 3.77. The molecule has 0 aliphatic heterocycles. The van der Waals surface area contributed by atoms with Crippen LogP contribution < -0.4 is 5.73 Å². The van der Waals surface area contributed by atoms with Gasteiger partial charge in [0, 0.05) is 12.0 Å². The van der Waals surface area contributed by atoms with Crippen molar-refractivity contribution in [2.45, 2.75) is 32.2 Å². The molecule has 2 aromatic rings. The Hall–Kier alpha value is -1.60. The first-order valence-electron chi connectivity index (χ1n) is 7.04. The van der Waals surface area contributed by atoms with Crippen LogP contribution in [0.2, 0.25) is 0 Å². The molecule has 0 spiro atoms. The lowest BCUT2D eigenvalue weighted by atomic mass is 9.83. The van der Waals surface area contributed by atoms with E-state index in [2.05, 4.69) is 74.5 Å². The van der Waals surface area contributed by atoms with Crippen LogP contribution in [0.3, 0.4) is 0 Å². The largest absolute Gasteiger partial charge is 0.327 e. The third kappa shape index (κ3) is 3.68. The molecule has 1 atom stereocenters. The summed E-state index contributed by atoms with van der Waals surface area (Å²) in [6, 6.07) is 21.6. The smallest absolute Gasteiger partial charge is 0.0104 e. The molecule has 1 unspecified atom stereocenters. The zero-order valence-electron chi connectivity index (χ0n) is 11.8. The van der Waals surface area contributed by atoms with Gasteiger partial charge < -0.3 is 5.73 Å². The number of rotatable bonds is 5. The summed E-state index contributed by atoms with van der Waals surface area (Å²) in [7, 11) is 0. The topological polar surface area (TPSA) is 26.0 Å². The molecule has 19 heavy (non-hydrogen) atoms. The van der Waals surface area contributed by atoms with Gasteiger partial charge >= 0.3 is 0 Å². The molecule has 0 radical (unpaired) electrons. The molecule has 0 aliphatic carbocycles. The predicted octanol–water partition coefficient (Wildman–Crippen LogP) is 4.19. The van der Waals surface area contributed by atoms with Crippen molar-refractivity contribution in [3.8, 4) is 0 Å². The van der Waals surface area contributed by atoms with Crippen LogP contribution in [-0.4, -0.2) is 6.04 Å². The average molecular weight is 253 g/mol. The number of nitrogens with two attached hydrogens (primary N) is 1. The molecule has 0 saturated carbocycles. The van der Waals surface area contributed by atoms with Crippen molar-refractivity contribution in [2.24, 2.45) is 11.7 Å². The Morgan fingerprint density at radius 2 is 1.21 bits per heavy atom. The normalized spacial score (nSPS) is 12.9. The van der Waals surface area contributed by atoms with E-state index in [1.165, 1.54) is 11.1 Å². The van der Waals surface area contributed by atoms with E-state index in [-0.39, 0.29) is 6.04 Å². The lowest BCUT2D eigenvalue weighted by Crippen LogP contribution is -2.28. The van der Waals surface area contributed by atoms with E-state index < -0.39 is 0 Å². The molecule has 0 fully saturated rings. The summed E-state index contributed by atoms with van der Waals surface area (Å²) >= 11 is 0. The molecule has 0 aliphatic rings. The highest BCUT2D eigenvalue weighted by Crippen LogP contribution is 2.29. The first-order valence-corrected chi connectivity index (χ1v) is 7.04. The van der Waals surface area contributed by atoms with Crippen molar-refractivity contribution in [3.05, 3.63) is 71.8 Å². The number of benzene rings is 2. The van der Waals surface area contributed by atoms with Gasteiger partial charge in [0.05, 0.1) is 0 Å². The Morgan fingerprint density at radius 3 is 1.58 bits per heavy atom. The molecular weight excluding hydrogens is 230 g/mol. The fraction of sp³-hybridized carbons (Fsp3) is 0.333. The van der Waals surface area contributed by atoms with E-state index >= 15 is 0 Å². The SMILES string of the molecule is CC(C)C(N)CC(c1ccccc1)c1ccccc1. The maximum atomic E-state index is 6.29. The van der Waals surface area contributed by atoms with Crippen molar-refractivity contribution in [1.29, 1.82) is 0 Å². The highest BCUT2D eigenvalue weighted by molar-refractivity contribution is 5.32. The Labute approximate surface area is 116 Å². The van der Waals surface area contributed by atoms with Crippen molar-refractivity contribution >= 4 is 0 Å². The molecule has 1 heteroatoms. The maximum Gasteiger partial charge on any atom is 0.0104 e. The minimum Gasteiger partial charge on any atom is -0.327 e. The summed E-state index contributed by atoms with van der Waals surface area (Å²) in [6.45, 7) is 4.38. The van der Waals surface area contributed by atoms with Crippen molar-refractivity contribution in [3.63, 3.8) is 0 Å². The van der Waals surface area contributed by atoms with Crippen molar-refractivity contribution < 1.29 is 0 Å². The number of hydrogen-bond donors (Lipinski definition) is 1. The summed E-state index contributed by atoms with van der Waals surface area (Å²) < 4.78 is 0. The van der Waals surface area contributed by atoms with Gasteiger partial charge in [-0.3, -0.25) is 0 Å². The Bertz CT molecular complexity index is 436. The molecule has 2 rings (SSSR count). The van der Waals surface area contributed by atoms with Crippen LogP contribution in [0.5, 0.6) is 0 Å². The van der Waals surface area contributed by atoms with E-state index in [1.807, 2.05) is 0 Å². The Morgan fingerprint density at radius 1 is 0.789 bits per heavy atom. The summed E-state index contributed by atoms with van der Waals surface area (Å²) in [5.74, 6) is 0.898. The fourth-order valence-corrected chi connectivity index (χ4v) is 2.38. The molecule has 0 saturated heterocycles. The molecule has 1 nitrogen and oxygen atoms in total. The van der Waals surface area contributed by atoms with Gasteiger partial charge in [0.15, 0.2) is 0 Å². The molecule has 0 aromatic heterocycles. The van der Waals surface area contributed by atoms with Gasteiger partial charge in [-0.2, -0.15) is 0 Å². The second-order valence-electron chi connectivity index (χ2n) is 5.52. The van der Waals surface area contributed by atoms with Gasteiger partial charge in [0.2, 0.25) is 0 Å². The first kappa shape index (κ1) is 13.8. The molecule has 2 aromatic carbocycles. The van der Waals surface area contributed by atoms with Gasteiger partial charge in [-0.05, 0) is 23.5 Å². The quantitative estimate of drug-likeness (QED) is 0.849. The van der Waals surface area contributed by atoms with Gasteiger partial charge in [0.25, 0.3) is 0 Å². The van der Waals surface area contributed by atoms with E-state index in [1.54, 1.807) is 0 Å². The van der Waals surface area contributed by atoms with E-state index in [4.69, 9.17) is 5.73 Å². The highest BCUT2D eigenvalue weighted by Gasteiger charge is 2.19. The Balaban J connectivity index is 2.29. The maximum absolute atomic E-state index is 6.29. The minimum atomic E-state index is 0.227. The van der Waals surface area contributed by atoms with Crippen LogP contribution in [0.25, 0.3) is 0 Å². The third-order valence-corrected chi connectivity index (χ3v) is 3.77. The van der Waals surface area contributed by atoms with Gasteiger partial charge in [-0.1, -0.05) is 74.5 Å². The zero-order chi connectivity index (χ0) is 13.7. The fourth-order valence-electron chi connectivity index (χ4n) is 2.38. The van der Waals surface area contributed by atoms with Crippen molar-refractivity contribution in [2.75, 3.05) is 0 Å². The highest BCUT2D eigenvalue weighted by atomic mass is 14.6. The lowest BCUT2D eigenvalue weighted by molar-refractivity contribution is 0.445. The van der Waals surface area contributed by atoms with Crippen LogP contribution in [0.4, 0.5) is 0 Å². The van der Waals surface area contributed by atoms with Crippen LogP contribution in [0.15, 0.2) is 60.7 Å². The van der Waals surface area contributed by atoms with E-state index in [9.17, 15) is 0 Å². The second kappa shape index (κ2) is 6.53. The molecule has 0 amide bonds. The average Bonchev–Trinajstić information content (AvgIpc) is 2.46. The zero-order valence-corrected chi connectivity index (χ0v) is 11.8. The first-order chi connectivity index (χ1) is 9.18. The van der Waals surface area contributed by atoms with Crippen LogP contribution in [0, 0.1) is 5.92 Å². The van der Waals surface area contributed by atoms with E-state index in [0.29, 0.717) is 11.8 Å². The lowest BCUT2D eigenvalue weighted by Gasteiger charge is -2.24. The monoisotopic (exact) mass is 253 g/mol.